The van der Waals surface area contributed by atoms with Crippen molar-refractivity contribution in [2.45, 2.75) is 18.9 Å². The third-order valence-corrected chi connectivity index (χ3v) is 1.84. The van der Waals surface area contributed by atoms with E-state index in [-0.39, 0.29) is 0 Å². The van der Waals surface area contributed by atoms with Gasteiger partial charge >= 0.3 is 0 Å². The van der Waals surface area contributed by atoms with Crippen LogP contribution in [0.4, 0.5) is 5.69 Å². The number of rotatable bonds is 3. The zero-order valence-corrected chi connectivity index (χ0v) is 7.08. The lowest BCUT2D eigenvalue weighted by molar-refractivity contribution is 0.293. The molecule has 1 fully saturated rings. The average Bonchev–Trinajstić information content (AvgIpc) is 2.89. The monoisotopic (exact) mass is 164 g/mol. The molecule has 1 N–H and O–H groups in total. The van der Waals surface area contributed by atoms with Crippen LogP contribution in [0.5, 0.6) is 5.88 Å². The van der Waals surface area contributed by atoms with Crippen LogP contribution in [0.25, 0.3) is 0 Å². The summed E-state index contributed by atoms with van der Waals surface area (Å²) in [6, 6.07) is 3.86. The van der Waals surface area contributed by atoms with Crippen LogP contribution in [0.3, 0.4) is 0 Å². The van der Waals surface area contributed by atoms with E-state index in [0.717, 1.165) is 11.6 Å². The van der Waals surface area contributed by atoms with Gasteiger partial charge in [-0.1, -0.05) is 0 Å². The number of anilines is 1. The van der Waals surface area contributed by atoms with Gasteiger partial charge in [0.05, 0.1) is 5.69 Å². The van der Waals surface area contributed by atoms with Gasteiger partial charge in [-0.2, -0.15) is 0 Å². The smallest absolute Gasteiger partial charge is 0.237 e. The van der Waals surface area contributed by atoms with Gasteiger partial charge in [0.2, 0.25) is 5.88 Å². The number of hydrogen-bond acceptors (Lipinski definition) is 3. The summed E-state index contributed by atoms with van der Waals surface area (Å²) in [5, 5.41) is 3.04. The van der Waals surface area contributed by atoms with E-state index in [1.807, 2.05) is 19.2 Å². The number of pyridine rings is 1. The molecule has 1 aromatic rings. The molecule has 0 aliphatic heterocycles. The highest BCUT2D eigenvalue weighted by molar-refractivity contribution is 5.51. The molecule has 1 aliphatic carbocycles. The zero-order chi connectivity index (χ0) is 8.39. The van der Waals surface area contributed by atoms with Gasteiger partial charge in [0.1, 0.15) is 6.10 Å². The highest BCUT2D eigenvalue weighted by atomic mass is 16.5. The van der Waals surface area contributed by atoms with Gasteiger partial charge in [0.15, 0.2) is 0 Å². The van der Waals surface area contributed by atoms with E-state index in [4.69, 9.17) is 4.74 Å². The third-order valence-electron chi connectivity index (χ3n) is 1.84. The van der Waals surface area contributed by atoms with Gasteiger partial charge in [0.25, 0.3) is 0 Å². The van der Waals surface area contributed by atoms with Crippen LogP contribution in [-0.2, 0) is 0 Å². The topological polar surface area (TPSA) is 34.2 Å². The van der Waals surface area contributed by atoms with Crippen molar-refractivity contribution in [3.8, 4) is 5.88 Å². The van der Waals surface area contributed by atoms with E-state index >= 15 is 0 Å². The fourth-order valence-corrected chi connectivity index (χ4v) is 1.02. The Balaban J connectivity index is 2.15. The first-order valence-electron chi connectivity index (χ1n) is 4.19. The van der Waals surface area contributed by atoms with E-state index in [0.29, 0.717) is 6.10 Å². The summed E-state index contributed by atoms with van der Waals surface area (Å²) in [6.07, 6.45) is 4.49. The normalized spacial score (nSPS) is 15.8. The summed E-state index contributed by atoms with van der Waals surface area (Å²) in [6.45, 7) is 0. The maximum Gasteiger partial charge on any atom is 0.237 e. The van der Waals surface area contributed by atoms with Crippen molar-refractivity contribution in [2.24, 2.45) is 0 Å². The Kier molecular flexibility index (Phi) is 1.86. The highest BCUT2D eigenvalue weighted by Crippen LogP contribution is 2.29. The first kappa shape index (κ1) is 7.40. The second-order valence-electron chi connectivity index (χ2n) is 2.92. The molecule has 1 saturated carbocycles. The molecule has 1 aromatic heterocycles. The van der Waals surface area contributed by atoms with Crippen molar-refractivity contribution in [2.75, 3.05) is 12.4 Å². The lowest BCUT2D eigenvalue weighted by Crippen LogP contribution is -2.01. The predicted molar refractivity (Wildman–Crippen MR) is 47.4 cm³/mol. The molecular weight excluding hydrogens is 152 g/mol. The van der Waals surface area contributed by atoms with Gasteiger partial charge in [-0.25, -0.2) is 4.98 Å². The highest BCUT2D eigenvalue weighted by Gasteiger charge is 2.24. The Bertz CT molecular complexity index is 271. The van der Waals surface area contributed by atoms with Gasteiger partial charge in [0, 0.05) is 13.2 Å². The molecule has 2 rings (SSSR count). The standard InChI is InChI=1S/C9H12N2O/c1-10-8-3-2-6-11-9(8)12-7-4-5-7/h2-3,6-7,10H,4-5H2,1H3. The van der Waals surface area contributed by atoms with E-state index in [1.54, 1.807) is 6.20 Å². The number of aromatic nitrogens is 1. The van der Waals surface area contributed by atoms with Gasteiger partial charge in [-0.05, 0) is 25.0 Å². The predicted octanol–water partition coefficient (Wildman–Crippen LogP) is 1.66. The minimum absolute atomic E-state index is 0.409. The quantitative estimate of drug-likeness (QED) is 0.737. The Hall–Kier alpha value is -1.25. The van der Waals surface area contributed by atoms with Crippen LogP contribution in [0, 0.1) is 0 Å². The molecule has 0 aromatic carbocycles. The molecule has 64 valence electrons. The van der Waals surface area contributed by atoms with Crippen LogP contribution in [0.1, 0.15) is 12.8 Å². The second kappa shape index (κ2) is 3.01. The maximum absolute atomic E-state index is 5.57. The summed E-state index contributed by atoms with van der Waals surface area (Å²) in [4.78, 5) is 4.14. The van der Waals surface area contributed by atoms with Crippen LogP contribution < -0.4 is 10.1 Å². The molecule has 0 unspecified atom stereocenters. The third kappa shape index (κ3) is 1.49. The van der Waals surface area contributed by atoms with Crippen molar-refractivity contribution in [1.29, 1.82) is 0 Å². The van der Waals surface area contributed by atoms with Gasteiger partial charge in [-0.15, -0.1) is 0 Å². The molecule has 0 bridgehead atoms. The van der Waals surface area contributed by atoms with Gasteiger partial charge < -0.3 is 10.1 Å². The summed E-state index contributed by atoms with van der Waals surface area (Å²) in [5.41, 5.74) is 0.962. The summed E-state index contributed by atoms with van der Waals surface area (Å²) < 4.78 is 5.57. The van der Waals surface area contributed by atoms with Crippen LogP contribution in [-0.4, -0.2) is 18.1 Å². The Morgan fingerprint density at radius 2 is 2.42 bits per heavy atom. The van der Waals surface area contributed by atoms with E-state index < -0.39 is 0 Å². The first-order valence-corrected chi connectivity index (χ1v) is 4.19. The van der Waals surface area contributed by atoms with Crippen LogP contribution >= 0.6 is 0 Å². The lowest BCUT2D eigenvalue weighted by Gasteiger charge is -2.07. The Morgan fingerprint density at radius 1 is 1.58 bits per heavy atom. The van der Waals surface area contributed by atoms with Crippen molar-refractivity contribution in [3.63, 3.8) is 0 Å². The molecule has 3 nitrogen and oxygen atoms in total. The SMILES string of the molecule is CNc1cccnc1OC1CC1. The van der Waals surface area contributed by atoms with E-state index in [1.165, 1.54) is 12.8 Å². The van der Waals surface area contributed by atoms with Crippen LogP contribution in [0.2, 0.25) is 0 Å². The fourth-order valence-electron chi connectivity index (χ4n) is 1.02. The Morgan fingerprint density at radius 3 is 3.08 bits per heavy atom. The first-order chi connectivity index (χ1) is 5.90. The summed E-state index contributed by atoms with van der Waals surface area (Å²) >= 11 is 0. The molecule has 1 aliphatic rings. The molecule has 3 heteroatoms. The van der Waals surface area contributed by atoms with Crippen LogP contribution in [0.15, 0.2) is 18.3 Å². The molecule has 0 radical (unpaired) electrons. The lowest BCUT2D eigenvalue weighted by atomic mass is 10.4. The molecular formula is C9H12N2O. The molecule has 0 amide bonds. The number of nitrogens with zero attached hydrogens (tertiary/aromatic N) is 1. The Labute approximate surface area is 71.8 Å². The molecule has 12 heavy (non-hydrogen) atoms. The average molecular weight is 164 g/mol. The van der Waals surface area contributed by atoms with Crippen molar-refractivity contribution in [1.82, 2.24) is 4.98 Å². The minimum Gasteiger partial charge on any atom is -0.473 e. The van der Waals surface area contributed by atoms with Crippen molar-refractivity contribution in [3.05, 3.63) is 18.3 Å². The summed E-state index contributed by atoms with van der Waals surface area (Å²) in [7, 11) is 1.87. The molecule has 1 heterocycles. The minimum atomic E-state index is 0.409. The molecule has 0 atom stereocenters. The molecule has 0 spiro atoms. The second-order valence-corrected chi connectivity index (χ2v) is 2.92. The maximum atomic E-state index is 5.57. The number of nitrogens with one attached hydrogen (secondary N) is 1. The fraction of sp³-hybridized carbons (Fsp3) is 0.444. The largest absolute Gasteiger partial charge is 0.473 e. The van der Waals surface area contributed by atoms with Crippen molar-refractivity contribution < 1.29 is 4.74 Å². The zero-order valence-electron chi connectivity index (χ0n) is 7.08. The summed E-state index contributed by atoms with van der Waals surface area (Å²) in [5.74, 6) is 0.725. The van der Waals surface area contributed by atoms with E-state index in [2.05, 4.69) is 10.3 Å². The van der Waals surface area contributed by atoms with Gasteiger partial charge in [-0.3, -0.25) is 0 Å². The van der Waals surface area contributed by atoms with E-state index in [9.17, 15) is 0 Å². The number of hydrogen-bond donors (Lipinski definition) is 1. The van der Waals surface area contributed by atoms with Crippen molar-refractivity contribution >= 4 is 5.69 Å². The molecule has 0 saturated heterocycles. The number of ether oxygens (including phenoxy) is 1.